The summed E-state index contributed by atoms with van der Waals surface area (Å²) < 4.78 is 2.44. The Morgan fingerprint density at radius 3 is 2.70 bits per heavy atom. The van der Waals surface area contributed by atoms with E-state index in [1.807, 2.05) is 39.0 Å². The van der Waals surface area contributed by atoms with E-state index in [-0.39, 0.29) is 12.3 Å². The van der Waals surface area contributed by atoms with Crippen molar-refractivity contribution in [3.05, 3.63) is 39.8 Å². The molecule has 0 spiro atoms. The minimum Gasteiger partial charge on any atom is -0.391 e. The van der Waals surface area contributed by atoms with Crippen molar-refractivity contribution in [3.63, 3.8) is 0 Å². The van der Waals surface area contributed by atoms with E-state index in [4.69, 9.17) is 4.84 Å². The Hall–Kier alpha value is -2.44. The minimum atomic E-state index is -0.299. The molecule has 7 heteroatoms. The van der Waals surface area contributed by atoms with Crippen LogP contribution in [0.2, 0.25) is 0 Å². The summed E-state index contributed by atoms with van der Waals surface area (Å²) in [6, 6.07) is 5.63. The lowest BCUT2D eigenvalue weighted by atomic mass is 10.1. The zero-order valence-corrected chi connectivity index (χ0v) is 12.0. The molecule has 2 aromatic rings. The molecule has 0 radical (unpaired) electrons. The highest BCUT2D eigenvalue weighted by atomic mass is 16.6. The Bertz CT molecular complexity index is 695. The molecule has 20 heavy (non-hydrogen) atoms. The molecule has 1 aromatic heterocycles. The monoisotopic (exact) mass is 275 g/mol. The highest BCUT2D eigenvalue weighted by Crippen LogP contribution is 2.17. The molecule has 0 unspecified atom stereocenters. The second-order valence-corrected chi connectivity index (χ2v) is 4.68. The van der Waals surface area contributed by atoms with Gasteiger partial charge in [-0.1, -0.05) is 17.3 Å². The van der Waals surface area contributed by atoms with Gasteiger partial charge >= 0.3 is 5.69 Å². The van der Waals surface area contributed by atoms with Gasteiger partial charge in [-0.25, -0.2) is 4.79 Å². The lowest BCUT2D eigenvalue weighted by Crippen LogP contribution is -2.23. The molecule has 0 saturated carbocycles. The molecule has 0 aliphatic heterocycles. The van der Waals surface area contributed by atoms with E-state index in [0.717, 1.165) is 16.8 Å². The number of hydrogen-bond acceptors (Lipinski definition) is 5. The van der Waals surface area contributed by atoms with Gasteiger partial charge in [0, 0.05) is 12.6 Å². The molecule has 0 saturated heterocycles. The third kappa shape index (κ3) is 2.76. The number of hydrogen-bond donors (Lipinski definition) is 0. The van der Waals surface area contributed by atoms with Crippen LogP contribution in [0.4, 0.5) is 0 Å². The number of benzene rings is 1. The van der Waals surface area contributed by atoms with Gasteiger partial charge in [-0.15, -0.1) is 0 Å². The number of aromatic nitrogens is 4. The smallest absolute Gasteiger partial charge is 0.368 e. The molecule has 0 bridgehead atoms. The van der Waals surface area contributed by atoms with Gasteiger partial charge in [0.2, 0.25) is 0 Å². The molecule has 0 aliphatic carbocycles. The fraction of sp³-hybridized carbons (Fsp3) is 0.385. The largest absolute Gasteiger partial charge is 0.391 e. The number of aryl methyl sites for hydroxylation is 2. The van der Waals surface area contributed by atoms with Crippen molar-refractivity contribution in [2.75, 3.05) is 0 Å². The maximum atomic E-state index is 11.9. The Labute approximate surface area is 116 Å². The Balaban J connectivity index is 2.43. The summed E-state index contributed by atoms with van der Waals surface area (Å²) in [6.07, 6.45) is 0. The minimum absolute atomic E-state index is 0.274. The van der Waals surface area contributed by atoms with E-state index in [1.165, 1.54) is 9.36 Å². The van der Waals surface area contributed by atoms with E-state index < -0.39 is 0 Å². The quantitative estimate of drug-likeness (QED) is 0.620. The summed E-state index contributed by atoms with van der Waals surface area (Å²) in [5.41, 5.74) is 3.06. The van der Waals surface area contributed by atoms with E-state index in [0.29, 0.717) is 5.69 Å². The van der Waals surface area contributed by atoms with Crippen molar-refractivity contribution in [1.82, 2.24) is 19.8 Å². The normalized spacial score (nSPS) is 10.4. The van der Waals surface area contributed by atoms with E-state index in [2.05, 4.69) is 15.6 Å². The number of nitrogens with zero attached hydrogens (tertiary/aromatic N) is 5. The molecule has 1 aromatic carbocycles. The van der Waals surface area contributed by atoms with Gasteiger partial charge in [0.1, 0.15) is 6.61 Å². The third-order valence-corrected chi connectivity index (χ3v) is 2.79. The van der Waals surface area contributed by atoms with Crippen LogP contribution >= 0.6 is 0 Å². The van der Waals surface area contributed by atoms with Crippen molar-refractivity contribution in [3.8, 4) is 5.69 Å². The predicted octanol–water partition coefficient (Wildman–Crippen LogP) is 1.19. The molecule has 0 N–H and O–H groups in total. The summed E-state index contributed by atoms with van der Waals surface area (Å²) in [4.78, 5) is 17.2. The lowest BCUT2D eigenvalue weighted by molar-refractivity contribution is 0.129. The van der Waals surface area contributed by atoms with Crippen LogP contribution < -0.4 is 5.69 Å². The first-order chi connectivity index (χ1) is 9.50. The van der Waals surface area contributed by atoms with E-state index >= 15 is 0 Å². The molecule has 0 fully saturated rings. The van der Waals surface area contributed by atoms with Crippen LogP contribution in [0.25, 0.3) is 5.69 Å². The van der Waals surface area contributed by atoms with Crippen molar-refractivity contribution in [2.45, 2.75) is 27.4 Å². The molecule has 106 valence electrons. The molecule has 1 heterocycles. The van der Waals surface area contributed by atoms with E-state index in [9.17, 15) is 4.79 Å². The second kappa shape index (κ2) is 5.68. The molecular weight excluding hydrogens is 258 g/mol. The highest BCUT2D eigenvalue weighted by molar-refractivity contribution is 5.78. The summed E-state index contributed by atoms with van der Waals surface area (Å²) in [5.74, 6) is 0. The fourth-order valence-corrected chi connectivity index (χ4v) is 1.76. The first-order valence-electron chi connectivity index (χ1n) is 6.21. The van der Waals surface area contributed by atoms with Gasteiger partial charge in [0.15, 0.2) is 0 Å². The van der Waals surface area contributed by atoms with Crippen molar-refractivity contribution in [1.29, 1.82) is 0 Å². The molecule has 7 nitrogen and oxygen atoms in total. The van der Waals surface area contributed by atoms with Crippen LogP contribution in [0.15, 0.2) is 28.1 Å². The van der Waals surface area contributed by atoms with Crippen LogP contribution in [0, 0.1) is 6.92 Å². The standard InChI is InChI=1S/C13H17N5O2/c1-9(2)14-20-8-11-10(3)6-5-7-12(11)18-13(19)17(4)15-16-18/h5-7H,8H2,1-4H3. The summed E-state index contributed by atoms with van der Waals surface area (Å²) in [6.45, 7) is 5.93. The zero-order valence-electron chi connectivity index (χ0n) is 12.0. The van der Waals surface area contributed by atoms with Crippen molar-refractivity contribution < 1.29 is 4.84 Å². The van der Waals surface area contributed by atoms with Crippen LogP contribution in [0.1, 0.15) is 25.0 Å². The Morgan fingerprint density at radius 2 is 2.10 bits per heavy atom. The third-order valence-electron chi connectivity index (χ3n) is 2.79. The first kappa shape index (κ1) is 14.0. The predicted molar refractivity (Wildman–Crippen MR) is 74.9 cm³/mol. The van der Waals surface area contributed by atoms with Gasteiger partial charge in [-0.3, -0.25) is 0 Å². The van der Waals surface area contributed by atoms with E-state index in [1.54, 1.807) is 7.05 Å². The van der Waals surface area contributed by atoms with Crippen LogP contribution in [-0.2, 0) is 18.5 Å². The summed E-state index contributed by atoms with van der Waals surface area (Å²) in [7, 11) is 1.56. The van der Waals surface area contributed by atoms with Crippen molar-refractivity contribution in [2.24, 2.45) is 12.2 Å². The molecule has 2 rings (SSSR count). The fourth-order valence-electron chi connectivity index (χ4n) is 1.76. The number of tetrazole rings is 1. The SMILES string of the molecule is CC(C)=NOCc1c(C)cccc1-n1nnn(C)c1=O. The van der Waals surface area contributed by atoms with Gasteiger partial charge in [0.25, 0.3) is 0 Å². The van der Waals surface area contributed by atoms with Crippen LogP contribution in [0.3, 0.4) is 0 Å². The molecular formula is C13H17N5O2. The molecule has 0 atom stereocenters. The molecule has 0 aliphatic rings. The molecule has 0 amide bonds. The highest BCUT2D eigenvalue weighted by Gasteiger charge is 2.13. The Kier molecular flexibility index (Phi) is 3.97. The van der Waals surface area contributed by atoms with Gasteiger partial charge in [-0.05, 0) is 42.8 Å². The lowest BCUT2D eigenvalue weighted by Gasteiger charge is -2.10. The number of oxime groups is 1. The van der Waals surface area contributed by atoms with Gasteiger partial charge < -0.3 is 4.84 Å². The number of rotatable bonds is 4. The average Bonchev–Trinajstić information content (AvgIpc) is 2.72. The van der Waals surface area contributed by atoms with Crippen LogP contribution in [-0.4, -0.2) is 25.5 Å². The Morgan fingerprint density at radius 1 is 1.35 bits per heavy atom. The summed E-state index contributed by atoms with van der Waals surface area (Å²) in [5, 5.41) is 11.5. The van der Waals surface area contributed by atoms with Crippen LogP contribution in [0.5, 0.6) is 0 Å². The van der Waals surface area contributed by atoms with Gasteiger partial charge in [0.05, 0.1) is 11.4 Å². The maximum absolute atomic E-state index is 11.9. The average molecular weight is 275 g/mol. The van der Waals surface area contributed by atoms with Crippen molar-refractivity contribution >= 4 is 5.71 Å². The first-order valence-corrected chi connectivity index (χ1v) is 6.21. The second-order valence-electron chi connectivity index (χ2n) is 4.68. The maximum Gasteiger partial charge on any atom is 0.368 e. The van der Waals surface area contributed by atoms with Gasteiger partial charge in [-0.2, -0.15) is 9.36 Å². The zero-order chi connectivity index (χ0) is 14.7. The topological polar surface area (TPSA) is 74.3 Å². The summed E-state index contributed by atoms with van der Waals surface area (Å²) >= 11 is 0.